The number of hydrogen-bond acceptors (Lipinski definition) is 4. The molecule has 0 aliphatic carbocycles. The number of ether oxygens (including phenoxy) is 2. The molecule has 4 heteroatoms. The molecule has 1 unspecified atom stereocenters. The second kappa shape index (κ2) is 13.5. The number of rotatable bonds is 13. The Bertz CT molecular complexity index is 484. The smallest absolute Gasteiger partial charge is 0.309 e. The number of unbranched alkanes of at least 4 members (excludes halogenated alkanes) is 3. The monoisotopic (exact) mass is 348 g/mol. The molecule has 0 fully saturated rings. The molecule has 0 aliphatic heterocycles. The van der Waals surface area contributed by atoms with Crippen LogP contribution in [0.4, 0.5) is 0 Å². The van der Waals surface area contributed by atoms with E-state index in [1.807, 2.05) is 37.3 Å². The van der Waals surface area contributed by atoms with Crippen molar-refractivity contribution in [3.63, 3.8) is 0 Å². The summed E-state index contributed by atoms with van der Waals surface area (Å²) in [7, 11) is 0. The third kappa shape index (κ3) is 9.90. The Balaban J connectivity index is 2.17. The standard InChI is InChI=1S/C21H32O4/c1-3-5-6-10-16-24-20(22)15-11-14-19(4-2)21(23)25-17-18-12-8-7-9-13-18/h7-9,12-13,19H,3-6,10-11,14-17H2,1-2H3. The minimum Gasteiger partial charge on any atom is -0.466 e. The van der Waals surface area contributed by atoms with Crippen LogP contribution in [-0.2, 0) is 25.7 Å². The summed E-state index contributed by atoms with van der Waals surface area (Å²) >= 11 is 0. The van der Waals surface area contributed by atoms with Crippen LogP contribution in [0.3, 0.4) is 0 Å². The fourth-order valence-corrected chi connectivity index (χ4v) is 2.62. The lowest BCUT2D eigenvalue weighted by molar-refractivity contribution is -0.151. The molecule has 0 heterocycles. The highest BCUT2D eigenvalue weighted by Crippen LogP contribution is 2.16. The van der Waals surface area contributed by atoms with Crippen LogP contribution in [0.15, 0.2) is 30.3 Å². The minimum absolute atomic E-state index is 0.152. The molecule has 1 aromatic carbocycles. The summed E-state index contributed by atoms with van der Waals surface area (Å²) in [6.45, 7) is 4.94. The van der Waals surface area contributed by atoms with Crippen molar-refractivity contribution in [1.29, 1.82) is 0 Å². The largest absolute Gasteiger partial charge is 0.466 e. The Morgan fingerprint density at radius 3 is 2.40 bits per heavy atom. The van der Waals surface area contributed by atoms with Gasteiger partial charge in [0.15, 0.2) is 0 Å². The van der Waals surface area contributed by atoms with E-state index in [0.29, 0.717) is 32.5 Å². The van der Waals surface area contributed by atoms with Gasteiger partial charge in [-0.3, -0.25) is 9.59 Å². The molecule has 0 N–H and O–H groups in total. The Morgan fingerprint density at radius 1 is 0.960 bits per heavy atom. The zero-order chi connectivity index (χ0) is 18.3. The Labute approximate surface area is 151 Å². The first-order valence-corrected chi connectivity index (χ1v) is 9.53. The van der Waals surface area contributed by atoms with Crippen LogP contribution < -0.4 is 0 Å². The molecule has 0 amide bonds. The van der Waals surface area contributed by atoms with Gasteiger partial charge in [-0.05, 0) is 31.2 Å². The maximum atomic E-state index is 12.2. The van der Waals surface area contributed by atoms with Gasteiger partial charge in [0.2, 0.25) is 0 Å². The number of benzene rings is 1. The van der Waals surface area contributed by atoms with E-state index in [1.165, 1.54) is 12.8 Å². The van der Waals surface area contributed by atoms with E-state index in [2.05, 4.69) is 6.92 Å². The van der Waals surface area contributed by atoms with E-state index in [0.717, 1.165) is 24.8 Å². The summed E-state index contributed by atoms with van der Waals surface area (Å²) in [5.74, 6) is -0.496. The van der Waals surface area contributed by atoms with Gasteiger partial charge in [0.25, 0.3) is 0 Å². The highest BCUT2D eigenvalue weighted by molar-refractivity contribution is 5.72. The first kappa shape index (κ1) is 21.2. The van der Waals surface area contributed by atoms with Crippen molar-refractivity contribution in [2.24, 2.45) is 5.92 Å². The van der Waals surface area contributed by atoms with Crippen molar-refractivity contribution < 1.29 is 19.1 Å². The maximum Gasteiger partial charge on any atom is 0.309 e. The molecule has 0 aliphatic rings. The third-order valence-electron chi connectivity index (χ3n) is 4.24. The number of hydrogen-bond donors (Lipinski definition) is 0. The number of carbonyl (C=O) groups excluding carboxylic acids is 2. The topological polar surface area (TPSA) is 52.6 Å². The second-order valence-corrected chi connectivity index (χ2v) is 6.37. The molecule has 1 aromatic rings. The molecule has 1 rings (SSSR count). The lowest BCUT2D eigenvalue weighted by Crippen LogP contribution is -2.17. The molecule has 140 valence electrons. The van der Waals surface area contributed by atoms with Crippen molar-refractivity contribution in [1.82, 2.24) is 0 Å². The molecule has 0 saturated carbocycles. The second-order valence-electron chi connectivity index (χ2n) is 6.37. The van der Waals surface area contributed by atoms with Gasteiger partial charge in [0, 0.05) is 6.42 Å². The lowest BCUT2D eigenvalue weighted by atomic mass is 9.99. The zero-order valence-electron chi connectivity index (χ0n) is 15.7. The Hall–Kier alpha value is -1.84. The first-order chi connectivity index (χ1) is 12.2. The molecule has 4 nitrogen and oxygen atoms in total. The third-order valence-corrected chi connectivity index (χ3v) is 4.24. The fraction of sp³-hybridized carbons (Fsp3) is 0.619. The molecular formula is C21H32O4. The Kier molecular flexibility index (Phi) is 11.4. The van der Waals surface area contributed by atoms with E-state index < -0.39 is 0 Å². The highest BCUT2D eigenvalue weighted by atomic mass is 16.5. The summed E-state index contributed by atoms with van der Waals surface area (Å²) in [5.41, 5.74) is 0.984. The molecule has 0 bridgehead atoms. The van der Waals surface area contributed by atoms with Gasteiger partial charge in [0.05, 0.1) is 12.5 Å². The molecule has 0 spiro atoms. The molecule has 25 heavy (non-hydrogen) atoms. The molecule has 0 aromatic heterocycles. The van der Waals surface area contributed by atoms with Crippen LogP contribution in [-0.4, -0.2) is 18.5 Å². The van der Waals surface area contributed by atoms with Crippen LogP contribution in [0, 0.1) is 5.92 Å². The van der Waals surface area contributed by atoms with Crippen molar-refractivity contribution in [2.75, 3.05) is 6.61 Å². The van der Waals surface area contributed by atoms with Crippen molar-refractivity contribution in [2.45, 2.75) is 71.8 Å². The predicted molar refractivity (Wildman–Crippen MR) is 99.0 cm³/mol. The molecular weight excluding hydrogens is 316 g/mol. The number of carbonyl (C=O) groups is 2. The van der Waals surface area contributed by atoms with E-state index >= 15 is 0 Å². The van der Waals surface area contributed by atoms with Crippen LogP contribution in [0.1, 0.15) is 70.8 Å². The van der Waals surface area contributed by atoms with Gasteiger partial charge in [-0.25, -0.2) is 0 Å². The summed E-state index contributed by atoms with van der Waals surface area (Å²) in [4.78, 5) is 23.8. The quantitative estimate of drug-likeness (QED) is 0.370. The average molecular weight is 348 g/mol. The van der Waals surface area contributed by atoms with E-state index in [9.17, 15) is 9.59 Å². The predicted octanol–water partition coefficient (Wildman–Crippen LogP) is 5.05. The van der Waals surface area contributed by atoms with Gasteiger partial charge >= 0.3 is 11.9 Å². The molecule has 0 radical (unpaired) electrons. The average Bonchev–Trinajstić information content (AvgIpc) is 2.64. The lowest BCUT2D eigenvalue weighted by Gasteiger charge is -2.14. The number of esters is 2. The van der Waals surface area contributed by atoms with Crippen LogP contribution in [0.5, 0.6) is 0 Å². The zero-order valence-corrected chi connectivity index (χ0v) is 15.7. The molecule has 0 saturated heterocycles. The van der Waals surface area contributed by atoms with E-state index in [4.69, 9.17) is 9.47 Å². The van der Waals surface area contributed by atoms with Crippen LogP contribution in [0.25, 0.3) is 0 Å². The first-order valence-electron chi connectivity index (χ1n) is 9.53. The van der Waals surface area contributed by atoms with Crippen LogP contribution in [0.2, 0.25) is 0 Å². The normalized spacial score (nSPS) is 11.8. The summed E-state index contributed by atoms with van der Waals surface area (Å²) < 4.78 is 10.6. The van der Waals surface area contributed by atoms with Gasteiger partial charge in [-0.1, -0.05) is 63.4 Å². The van der Waals surface area contributed by atoms with E-state index in [1.54, 1.807) is 0 Å². The summed E-state index contributed by atoms with van der Waals surface area (Å²) in [6, 6.07) is 9.65. The molecule has 1 atom stereocenters. The van der Waals surface area contributed by atoms with Crippen molar-refractivity contribution >= 4 is 11.9 Å². The van der Waals surface area contributed by atoms with Gasteiger partial charge < -0.3 is 9.47 Å². The van der Waals surface area contributed by atoms with Crippen LogP contribution >= 0.6 is 0 Å². The fourth-order valence-electron chi connectivity index (χ4n) is 2.62. The highest BCUT2D eigenvalue weighted by Gasteiger charge is 2.18. The SMILES string of the molecule is CCCCCCOC(=O)CCCC(CC)C(=O)OCc1ccccc1. The van der Waals surface area contributed by atoms with Gasteiger partial charge in [-0.2, -0.15) is 0 Å². The van der Waals surface area contributed by atoms with Gasteiger partial charge in [0.1, 0.15) is 6.61 Å². The minimum atomic E-state index is -0.181. The van der Waals surface area contributed by atoms with Crippen molar-refractivity contribution in [3.8, 4) is 0 Å². The summed E-state index contributed by atoms with van der Waals surface area (Å²) in [6.07, 6.45) is 6.81. The summed E-state index contributed by atoms with van der Waals surface area (Å²) in [5, 5.41) is 0. The Morgan fingerprint density at radius 2 is 1.72 bits per heavy atom. The maximum absolute atomic E-state index is 12.2. The van der Waals surface area contributed by atoms with Gasteiger partial charge in [-0.15, -0.1) is 0 Å². The van der Waals surface area contributed by atoms with Crippen molar-refractivity contribution in [3.05, 3.63) is 35.9 Å². The van der Waals surface area contributed by atoms with E-state index in [-0.39, 0.29) is 17.9 Å².